The number of allylic oxidation sites excluding steroid dienone is 1. The van der Waals surface area contributed by atoms with E-state index in [-0.39, 0.29) is 5.57 Å². The second kappa shape index (κ2) is 10.7. The van der Waals surface area contributed by atoms with Gasteiger partial charge < -0.3 is 14.2 Å². The maximum Gasteiger partial charge on any atom is 0.338 e. The van der Waals surface area contributed by atoms with Crippen molar-refractivity contribution in [3.05, 3.63) is 95.5 Å². The Kier molecular flexibility index (Phi) is 7.24. The van der Waals surface area contributed by atoms with Gasteiger partial charge in [-0.15, -0.1) is 0 Å². The molecule has 0 aromatic heterocycles. The lowest BCUT2D eigenvalue weighted by Crippen LogP contribution is -2.36. The Morgan fingerprint density at radius 3 is 2.12 bits per heavy atom. The molecule has 4 rings (SSSR count). The summed E-state index contributed by atoms with van der Waals surface area (Å²) in [6.07, 6.45) is 6.00. The zero-order valence-corrected chi connectivity index (χ0v) is 17.9. The van der Waals surface area contributed by atoms with Gasteiger partial charge in [0.25, 0.3) is 0 Å². The summed E-state index contributed by atoms with van der Waals surface area (Å²) in [6, 6.07) is 15.7. The summed E-state index contributed by atoms with van der Waals surface area (Å²) in [4.78, 5) is 39.5. The first-order valence-electron chi connectivity index (χ1n) is 10.6. The second-order valence-electron chi connectivity index (χ2n) is 7.47. The summed E-state index contributed by atoms with van der Waals surface area (Å²) in [6.45, 7) is 4.17. The fourth-order valence-electron chi connectivity index (χ4n) is 3.47. The van der Waals surface area contributed by atoms with E-state index in [9.17, 15) is 14.4 Å². The molecule has 2 aliphatic heterocycles. The van der Waals surface area contributed by atoms with Crippen molar-refractivity contribution in [1.29, 1.82) is 0 Å². The highest BCUT2D eigenvalue weighted by Crippen LogP contribution is 2.27. The summed E-state index contributed by atoms with van der Waals surface area (Å²) in [5.74, 6) is -2.45. The van der Waals surface area contributed by atoms with E-state index < -0.39 is 23.7 Å². The largest absolute Gasteiger partial charge is 0.389 e. The lowest BCUT2D eigenvalue weighted by Gasteiger charge is -2.25. The number of benzene rings is 2. The molecular weight excluding hydrogens is 422 g/mol. The van der Waals surface area contributed by atoms with Gasteiger partial charge >= 0.3 is 17.9 Å². The van der Waals surface area contributed by atoms with Crippen molar-refractivity contribution < 1.29 is 28.6 Å². The summed E-state index contributed by atoms with van der Waals surface area (Å²) in [5.41, 5.74) is 1.78. The summed E-state index contributed by atoms with van der Waals surface area (Å²) < 4.78 is 15.6. The number of hydrogen-bond acceptors (Lipinski definition) is 7. The molecule has 0 spiro atoms. The number of nitrogens with zero attached hydrogens (tertiary/aromatic N) is 1. The van der Waals surface area contributed by atoms with Crippen LogP contribution in [0.2, 0.25) is 0 Å². The van der Waals surface area contributed by atoms with Gasteiger partial charge in [-0.3, -0.25) is 9.69 Å². The van der Waals surface area contributed by atoms with E-state index in [0.29, 0.717) is 11.1 Å². The lowest BCUT2D eigenvalue weighted by molar-refractivity contribution is -0.145. The number of hydrogen-bond donors (Lipinski definition) is 0. The molecule has 2 aromatic rings. The molecule has 0 bridgehead atoms. The first kappa shape index (κ1) is 22.4. The van der Waals surface area contributed by atoms with Gasteiger partial charge in [0.15, 0.2) is 0 Å². The van der Waals surface area contributed by atoms with Gasteiger partial charge in [-0.05, 0) is 11.1 Å². The van der Waals surface area contributed by atoms with Crippen LogP contribution in [0.4, 0.5) is 0 Å². The molecule has 1 fully saturated rings. The molecule has 0 unspecified atom stereocenters. The van der Waals surface area contributed by atoms with Gasteiger partial charge in [0, 0.05) is 37.3 Å². The summed E-state index contributed by atoms with van der Waals surface area (Å²) in [7, 11) is 0. The molecule has 0 atom stereocenters. The van der Waals surface area contributed by atoms with Crippen LogP contribution in [0.5, 0.6) is 0 Å². The minimum Gasteiger partial charge on any atom is -0.389 e. The smallest absolute Gasteiger partial charge is 0.338 e. The quantitative estimate of drug-likeness (QED) is 0.384. The van der Waals surface area contributed by atoms with Crippen LogP contribution in [0.3, 0.4) is 0 Å². The summed E-state index contributed by atoms with van der Waals surface area (Å²) >= 11 is 0. The van der Waals surface area contributed by atoms with Crippen molar-refractivity contribution in [2.45, 2.75) is 0 Å². The monoisotopic (exact) mass is 445 g/mol. The van der Waals surface area contributed by atoms with Crippen LogP contribution in [0.15, 0.2) is 78.8 Å². The van der Waals surface area contributed by atoms with Gasteiger partial charge in [0.05, 0.1) is 13.2 Å². The molecule has 2 aromatic carbocycles. The molecular formula is C26H23NO6. The number of esters is 2. The van der Waals surface area contributed by atoms with E-state index in [1.54, 1.807) is 42.5 Å². The van der Waals surface area contributed by atoms with Crippen molar-refractivity contribution in [3.63, 3.8) is 0 Å². The molecule has 7 heteroatoms. The number of Topliss-reactive ketones (excluding diaryl/α,β-unsaturated/α-hetero) is 1. The molecule has 0 radical (unpaired) electrons. The Bertz CT molecular complexity index is 1090. The van der Waals surface area contributed by atoms with Crippen LogP contribution in [-0.4, -0.2) is 55.5 Å². The van der Waals surface area contributed by atoms with Gasteiger partial charge in [-0.25, -0.2) is 9.59 Å². The van der Waals surface area contributed by atoms with E-state index in [1.165, 1.54) is 0 Å². The van der Waals surface area contributed by atoms with Crippen LogP contribution in [0.1, 0.15) is 21.5 Å². The van der Waals surface area contributed by atoms with Crippen molar-refractivity contribution in [3.8, 4) is 0 Å². The fourth-order valence-corrected chi connectivity index (χ4v) is 3.47. The van der Waals surface area contributed by atoms with Gasteiger partial charge in [0.2, 0.25) is 5.78 Å². The standard InChI is InChI=1S/C26H23NO6/c28-22-12-13-23(29)33-26(32-22)24(20-6-2-1-3-7-20)25(30)21-10-8-19(9-11-21)5-4-14-27-15-17-31-18-16-27/h1-13H,14-18H2/b5-4+. The zero-order valence-electron chi connectivity index (χ0n) is 17.9. The first-order chi connectivity index (χ1) is 16.1. The van der Waals surface area contributed by atoms with Gasteiger partial charge in [0.1, 0.15) is 5.57 Å². The third-order valence-corrected chi connectivity index (χ3v) is 5.19. The normalized spacial score (nSPS) is 16.9. The maximum atomic E-state index is 13.4. The molecule has 2 heterocycles. The van der Waals surface area contributed by atoms with Crippen LogP contribution in [-0.2, 0) is 23.8 Å². The van der Waals surface area contributed by atoms with Crippen LogP contribution < -0.4 is 0 Å². The number of carbonyl (C=O) groups is 3. The molecule has 0 aliphatic carbocycles. The van der Waals surface area contributed by atoms with E-state index in [4.69, 9.17) is 14.2 Å². The highest BCUT2D eigenvalue weighted by Gasteiger charge is 2.26. The second-order valence-corrected chi connectivity index (χ2v) is 7.47. The first-order valence-corrected chi connectivity index (χ1v) is 10.6. The lowest BCUT2D eigenvalue weighted by atomic mass is 9.96. The highest BCUT2D eigenvalue weighted by molar-refractivity contribution is 6.29. The molecule has 7 nitrogen and oxygen atoms in total. The Balaban J connectivity index is 1.57. The van der Waals surface area contributed by atoms with Crippen LogP contribution >= 0.6 is 0 Å². The molecule has 0 saturated carbocycles. The van der Waals surface area contributed by atoms with E-state index in [1.807, 2.05) is 18.2 Å². The summed E-state index contributed by atoms with van der Waals surface area (Å²) in [5, 5.41) is 0. The van der Waals surface area contributed by atoms with Crippen molar-refractivity contribution in [1.82, 2.24) is 4.90 Å². The number of carbonyl (C=O) groups excluding carboxylic acids is 3. The average molecular weight is 445 g/mol. The Hall–Kier alpha value is -3.81. The predicted molar refractivity (Wildman–Crippen MR) is 122 cm³/mol. The minimum absolute atomic E-state index is 0.00314. The van der Waals surface area contributed by atoms with Crippen molar-refractivity contribution in [2.75, 3.05) is 32.8 Å². The fraction of sp³-hybridized carbons (Fsp3) is 0.192. The number of ether oxygens (including phenoxy) is 3. The molecule has 33 heavy (non-hydrogen) atoms. The van der Waals surface area contributed by atoms with E-state index in [0.717, 1.165) is 50.6 Å². The van der Waals surface area contributed by atoms with Crippen molar-refractivity contribution >= 4 is 29.4 Å². The van der Waals surface area contributed by atoms with Crippen LogP contribution in [0, 0.1) is 0 Å². The Labute approximate surface area is 191 Å². The zero-order chi connectivity index (χ0) is 23.0. The Morgan fingerprint density at radius 1 is 0.848 bits per heavy atom. The average Bonchev–Trinajstić information content (AvgIpc) is 3.01. The number of morpholine rings is 1. The SMILES string of the molecule is O=C1C=CC(=O)OC(=C(C(=O)c2ccc(/C=C/CN3CCOCC3)cc2)c2ccccc2)O1. The molecule has 1 saturated heterocycles. The topological polar surface area (TPSA) is 82.1 Å². The molecule has 168 valence electrons. The van der Waals surface area contributed by atoms with Gasteiger partial charge in [-0.1, -0.05) is 66.7 Å². The van der Waals surface area contributed by atoms with Gasteiger partial charge in [-0.2, -0.15) is 0 Å². The number of cyclic esters (lactones) is 2. The Morgan fingerprint density at radius 2 is 1.48 bits per heavy atom. The third kappa shape index (κ3) is 5.91. The minimum atomic E-state index is -0.794. The van der Waals surface area contributed by atoms with Crippen molar-refractivity contribution in [2.24, 2.45) is 0 Å². The van der Waals surface area contributed by atoms with E-state index in [2.05, 4.69) is 11.0 Å². The highest BCUT2D eigenvalue weighted by atomic mass is 16.7. The molecule has 0 amide bonds. The van der Waals surface area contributed by atoms with Crippen LogP contribution in [0.25, 0.3) is 11.6 Å². The molecule has 2 aliphatic rings. The number of rotatable bonds is 6. The maximum absolute atomic E-state index is 13.4. The predicted octanol–water partition coefficient (Wildman–Crippen LogP) is 3.24. The number of ketones is 1. The van der Waals surface area contributed by atoms with E-state index >= 15 is 0 Å². The molecule has 0 N–H and O–H groups in total. The third-order valence-electron chi connectivity index (χ3n) is 5.19.